The number of nitrogens with zero attached hydrogens (tertiary/aromatic N) is 2. The number of para-hydroxylation sites is 3. The molecule has 0 spiro atoms. The van der Waals surface area contributed by atoms with E-state index in [1.807, 2.05) is 0 Å². The Balaban J connectivity index is 1.37. The van der Waals surface area contributed by atoms with E-state index in [4.69, 9.17) is 4.98 Å². The Hall–Kier alpha value is -4.95. The highest BCUT2D eigenvalue weighted by Crippen LogP contribution is 2.38. The van der Waals surface area contributed by atoms with Crippen LogP contribution in [0.25, 0.3) is 71.2 Å². The first-order chi connectivity index (χ1) is 18.4. The number of pyridine rings is 1. The van der Waals surface area contributed by atoms with Gasteiger partial charge in [-0.3, -0.25) is 0 Å². The quantitative estimate of drug-likeness (QED) is 0.230. The maximum atomic E-state index is 5.17. The van der Waals surface area contributed by atoms with Crippen LogP contribution in [-0.4, -0.2) is 9.55 Å². The average molecular weight is 471 g/mol. The minimum absolute atomic E-state index is 1.02. The van der Waals surface area contributed by atoms with Gasteiger partial charge in [-0.05, 0) is 41.1 Å². The van der Waals surface area contributed by atoms with Gasteiger partial charge in [-0.1, -0.05) is 103 Å². The topological polar surface area (TPSA) is 17.8 Å². The number of hydrogen-bond donors (Lipinski definition) is 0. The summed E-state index contributed by atoms with van der Waals surface area (Å²) in [5, 5.41) is 8.71. The van der Waals surface area contributed by atoms with Crippen molar-refractivity contribution in [2.24, 2.45) is 0 Å². The summed E-state index contributed by atoms with van der Waals surface area (Å²) >= 11 is 0. The zero-order valence-electron chi connectivity index (χ0n) is 20.1. The van der Waals surface area contributed by atoms with Gasteiger partial charge in [0.25, 0.3) is 0 Å². The molecule has 0 N–H and O–H groups in total. The molecule has 37 heavy (non-hydrogen) atoms. The van der Waals surface area contributed by atoms with E-state index in [2.05, 4.69) is 138 Å². The average Bonchev–Trinajstić information content (AvgIpc) is 3.31. The van der Waals surface area contributed by atoms with Gasteiger partial charge >= 0.3 is 0 Å². The van der Waals surface area contributed by atoms with Crippen molar-refractivity contribution in [3.63, 3.8) is 0 Å². The highest BCUT2D eigenvalue weighted by molar-refractivity contribution is 6.22. The molecule has 2 aromatic heterocycles. The lowest BCUT2D eigenvalue weighted by molar-refractivity contribution is 1.18. The van der Waals surface area contributed by atoms with Crippen LogP contribution in [0.3, 0.4) is 0 Å². The SMILES string of the molecule is c1ccc2c(c1)ccc1c(-c3ccc(-n4c5ccccc5c5ccccc54)cc3)nc3ccccc3c12. The first kappa shape index (κ1) is 20.3. The van der Waals surface area contributed by atoms with E-state index in [9.17, 15) is 0 Å². The molecule has 0 saturated carbocycles. The van der Waals surface area contributed by atoms with Crippen LogP contribution < -0.4 is 0 Å². The molecule has 0 saturated heterocycles. The molecule has 8 aromatic rings. The summed E-state index contributed by atoms with van der Waals surface area (Å²) in [7, 11) is 0. The van der Waals surface area contributed by atoms with Crippen LogP contribution in [0.4, 0.5) is 0 Å². The van der Waals surface area contributed by atoms with Crippen molar-refractivity contribution < 1.29 is 0 Å². The molecule has 2 nitrogen and oxygen atoms in total. The second-order valence-electron chi connectivity index (χ2n) is 9.60. The fourth-order valence-corrected chi connectivity index (χ4v) is 5.91. The van der Waals surface area contributed by atoms with Crippen molar-refractivity contribution in [2.75, 3.05) is 0 Å². The first-order valence-corrected chi connectivity index (χ1v) is 12.7. The number of hydrogen-bond acceptors (Lipinski definition) is 1. The van der Waals surface area contributed by atoms with Gasteiger partial charge in [0.15, 0.2) is 0 Å². The molecule has 6 aromatic carbocycles. The minimum atomic E-state index is 1.02. The number of aromatic nitrogens is 2. The van der Waals surface area contributed by atoms with E-state index in [1.165, 1.54) is 48.7 Å². The molecule has 0 fully saturated rings. The van der Waals surface area contributed by atoms with Crippen LogP contribution >= 0.6 is 0 Å². The Morgan fingerprint density at radius 3 is 1.76 bits per heavy atom. The van der Waals surface area contributed by atoms with E-state index < -0.39 is 0 Å². The molecule has 0 atom stereocenters. The monoisotopic (exact) mass is 470 g/mol. The fourth-order valence-electron chi connectivity index (χ4n) is 5.91. The summed E-state index contributed by atoms with van der Waals surface area (Å²) in [6, 6.07) is 47.7. The van der Waals surface area contributed by atoms with Gasteiger partial charge in [0.05, 0.1) is 22.2 Å². The molecule has 0 unspecified atom stereocenters. The molecule has 0 amide bonds. The van der Waals surface area contributed by atoms with Crippen LogP contribution in [0.1, 0.15) is 0 Å². The fraction of sp³-hybridized carbons (Fsp3) is 0. The molecule has 0 aliphatic rings. The van der Waals surface area contributed by atoms with Crippen LogP contribution in [0, 0.1) is 0 Å². The first-order valence-electron chi connectivity index (χ1n) is 12.7. The van der Waals surface area contributed by atoms with E-state index in [1.54, 1.807) is 0 Å². The highest BCUT2D eigenvalue weighted by atomic mass is 15.0. The summed E-state index contributed by atoms with van der Waals surface area (Å²) < 4.78 is 2.36. The van der Waals surface area contributed by atoms with Crippen LogP contribution in [0.15, 0.2) is 133 Å². The Morgan fingerprint density at radius 1 is 0.432 bits per heavy atom. The van der Waals surface area contributed by atoms with Crippen molar-refractivity contribution in [1.29, 1.82) is 0 Å². The summed E-state index contributed by atoms with van der Waals surface area (Å²) in [6.45, 7) is 0. The van der Waals surface area contributed by atoms with E-state index in [0.29, 0.717) is 0 Å². The predicted octanol–water partition coefficient (Wildman–Crippen LogP) is 9.31. The van der Waals surface area contributed by atoms with Crippen molar-refractivity contribution in [3.8, 4) is 16.9 Å². The molecule has 0 aliphatic carbocycles. The lowest BCUT2D eigenvalue weighted by Gasteiger charge is -2.13. The van der Waals surface area contributed by atoms with Gasteiger partial charge < -0.3 is 4.57 Å². The summed E-state index contributed by atoms with van der Waals surface area (Å²) in [5.74, 6) is 0. The molecule has 0 radical (unpaired) electrons. The number of benzene rings is 6. The number of rotatable bonds is 2. The van der Waals surface area contributed by atoms with Gasteiger partial charge in [0.1, 0.15) is 0 Å². The third-order valence-electron chi connectivity index (χ3n) is 7.57. The highest BCUT2D eigenvalue weighted by Gasteiger charge is 2.15. The van der Waals surface area contributed by atoms with Crippen LogP contribution in [-0.2, 0) is 0 Å². The largest absolute Gasteiger partial charge is 0.309 e. The minimum Gasteiger partial charge on any atom is -0.309 e. The Labute approximate surface area is 214 Å². The normalized spacial score (nSPS) is 11.8. The maximum absolute atomic E-state index is 5.17. The van der Waals surface area contributed by atoms with E-state index >= 15 is 0 Å². The smallest absolute Gasteiger partial charge is 0.0788 e. The second kappa shape index (κ2) is 7.78. The molecule has 172 valence electrons. The van der Waals surface area contributed by atoms with Gasteiger partial charge in [-0.2, -0.15) is 0 Å². The zero-order chi connectivity index (χ0) is 24.3. The summed E-state index contributed by atoms with van der Waals surface area (Å²) in [5.41, 5.74) is 6.75. The molecule has 0 bridgehead atoms. The third-order valence-corrected chi connectivity index (χ3v) is 7.57. The van der Waals surface area contributed by atoms with E-state index in [0.717, 1.165) is 22.5 Å². The van der Waals surface area contributed by atoms with Gasteiger partial charge in [-0.15, -0.1) is 0 Å². The number of fused-ring (bicyclic) bond motifs is 8. The molecule has 0 aliphatic heterocycles. The van der Waals surface area contributed by atoms with Crippen molar-refractivity contribution in [1.82, 2.24) is 9.55 Å². The van der Waals surface area contributed by atoms with Crippen molar-refractivity contribution in [3.05, 3.63) is 133 Å². The van der Waals surface area contributed by atoms with Crippen LogP contribution in [0.5, 0.6) is 0 Å². The molecular formula is C35H22N2. The summed E-state index contributed by atoms with van der Waals surface area (Å²) in [4.78, 5) is 5.17. The lowest BCUT2D eigenvalue weighted by Crippen LogP contribution is -1.95. The third kappa shape index (κ3) is 2.96. The molecule has 2 heterocycles. The standard InChI is InChI=1S/C35H22N2/c1-2-10-26-23(9-1)19-22-30-34(26)29-13-3-6-14-31(29)36-35(30)24-17-20-25(21-18-24)37-32-15-7-4-11-27(32)28-12-5-8-16-33(28)37/h1-22H. The van der Waals surface area contributed by atoms with Gasteiger partial charge in [-0.25, -0.2) is 4.98 Å². The van der Waals surface area contributed by atoms with E-state index in [-0.39, 0.29) is 0 Å². The van der Waals surface area contributed by atoms with Gasteiger partial charge in [0.2, 0.25) is 0 Å². The second-order valence-corrected chi connectivity index (χ2v) is 9.60. The maximum Gasteiger partial charge on any atom is 0.0788 e. The Morgan fingerprint density at radius 2 is 1.03 bits per heavy atom. The lowest BCUT2D eigenvalue weighted by atomic mass is 9.95. The zero-order valence-corrected chi connectivity index (χ0v) is 20.1. The molecular weight excluding hydrogens is 448 g/mol. The van der Waals surface area contributed by atoms with Crippen molar-refractivity contribution >= 4 is 54.3 Å². The molecule has 2 heteroatoms. The van der Waals surface area contributed by atoms with Gasteiger partial charge in [0, 0.05) is 38.2 Å². The predicted molar refractivity (Wildman–Crippen MR) is 157 cm³/mol. The van der Waals surface area contributed by atoms with Crippen molar-refractivity contribution in [2.45, 2.75) is 0 Å². The Bertz CT molecular complexity index is 2060. The summed E-state index contributed by atoms with van der Waals surface area (Å²) in [6.07, 6.45) is 0. The van der Waals surface area contributed by atoms with Crippen LogP contribution in [0.2, 0.25) is 0 Å². The Kier molecular flexibility index (Phi) is 4.26. The molecule has 8 rings (SSSR count).